The molecule has 0 spiro atoms. The molecular formula is C20H17Br2N3O5. The summed E-state index contributed by atoms with van der Waals surface area (Å²) in [7, 11) is 0. The number of nitrogens with two attached hydrogens (primary N) is 1. The van der Waals surface area contributed by atoms with E-state index in [9.17, 15) is 9.59 Å². The van der Waals surface area contributed by atoms with Crippen LogP contribution in [0, 0.1) is 0 Å². The van der Waals surface area contributed by atoms with Crippen molar-refractivity contribution >= 4 is 60.9 Å². The van der Waals surface area contributed by atoms with Crippen molar-refractivity contribution in [1.29, 1.82) is 0 Å². The Labute approximate surface area is 188 Å². The molecule has 2 amide bonds. The van der Waals surface area contributed by atoms with Crippen molar-refractivity contribution in [3.05, 3.63) is 56.7 Å². The van der Waals surface area contributed by atoms with E-state index in [0.717, 1.165) is 14.3 Å². The van der Waals surface area contributed by atoms with E-state index < -0.39 is 11.8 Å². The fourth-order valence-corrected chi connectivity index (χ4v) is 3.89. The predicted octanol–water partition coefficient (Wildman–Crippen LogP) is 3.98. The van der Waals surface area contributed by atoms with Gasteiger partial charge in [0.2, 0.25) is 0 Å². The van der Waals surface area contributed by atoms with Gasteiger partial charge in [0.1, 0.15) is 5.58 Å². The van der Waals surface area contributed by atoms with E-state index in [4.69, 9.17) is 19.6 Å². The van der Waals surface area contributed by atoms with Crippen LogP contribution < -0.4 is 20.6 Å². The van der Waals surface area contributed by atoms with Crippen molar-refractivity contribution in [3.8, 4) is 11.5 Å². The average Bonchev–Trinajstić information content (AvgIpc) is 3.12. The molecule has 0 unspecified atom stereocenters. The number of benzene rings is 2. The lowest BCUT2D eigenvalue weighted by molar-refractivity contribution is -0.119. The van der Waals surface area contributed by atoms with Crippen molar-refractivity contribution in [2.45, 2.75) is 6.92 Å². The third-order valence-electron chi connectivity index (χ3n) is 3.78. The molecule has 3 rings (SSSR count). The van der Waals surface area contributed by atoms with E-state index in [1.54, 1.807) is 24.3 Å². The van der Waals surface area contributed by atoms with E-state index in [1.165, 1.54) is 6.21 Å². The molecular weight excluding hydrogens is 522 g/mol. The summed E-state index contributed by atoms with van der Waals surface area (Å²) in [6.45, 7) is 1.97. The summed E-state index contributed by atoms with van der Waals surface area (Å²) < 4.78 is 18.0. The van der Waals surface area contributed by atoms with Gasteiger partial charge in [0.05, 0.1) is 17.3 Å². The minimum atomic E-state index is -0.587. The number of halogens is 2. The zero-order chi connectivity index (χ0) is 21.7. The van der Waals surface area contributed by atoms with Crippen LogP contribution in [0.15, 0.2) is 54.9 Å². The molecule has 30 heavy (non-hydrogen) atoms. The number of carbonyl (C=O) groups excluding carboxylic acids is 2. The van der Waals surface area contributed by atoms with Crippen molar-refractivity contribution in [3.63, 3.8) is 0 Å². The molecule has 0 saturated carbocycles. The second-order valence-electron chi connectivity index (χ2n) is 6.01. The fraction of sp³-hybridized carbons (Fsp3) is 0.150. The number of rotatable bonds is 8. The number of fused-ring (bicyclic) bond motifs is 1. The van der Waals surface area contributed by atoms with Gasteiger partial charge in [-0.15, -0.1) is 0 Å². The van der Waals surface area contributed by atoms with Crippen LogP contribution in [0.1, 0.15) is 23.0 Å². The number of furan rings is 1. The van der Waals surface area contributed by atoms with Crippen molar-refractivity contribution in [2.75, 3.05) is 13.2 Å². The molecule has 0 aliphatic heterocycles. The first-order valence-electron chi connectivity index (χ1n) is 8.77. The predicted molar refractivity (Wildman–Crippen MR) is 119 cm³/mol. The van der Waals surface area contributed by atoms with Crippen LogP contribution in [0.4, 0.5) is 0 Å². The zero-order valence-corrected chi connectivity index (χ0v) is 18.9. The van der Waals surface area contributed by atoms with Gasteiger partial charge in [0, 0.05) is 9.86 Å². The van der Waals surface area contributed by atoms with E-state index in [-0.39, 0.29) is 12.4 Å². The highest BCUT2D eigenvalue weighted by molar-refractivity contribution is 9.11. The van der Waals surface area contributed by atoms with Gasteiger partial charge in [-0.05, 0) is 64.8 Å². The number of hydrazone groups is 1. The smallest absolute Gasteiger partial charge is 0.307 e. The lowest BCUT2D eigenvalue weighted by Crippen LogP contribution is -2.20. The summed E-state index contributed by atoms with van der Waals surface area (Å²) in [6.07, 6.45) is 1.45. The van der Waals surface area contributed by atoms with Crippen LogP contribution in [0.2, 0.25) is 0 Å². The molecule has 156 valence electrons. The first-order valence-corrected chi connectivity index (χ1v) is 10.4. The number of nitrogens with one attached hydrogen (secondary N) is 1. The average molecular weight is 539 g/mol. The van der Waals surface area contributed by atoms with Gasteiger partial charge in [-0.2, -0.15) is 5.10 Å². The Morgan fingerprint density at radius 3 is 2.70 bits per heavy atom. The number of amides is 2. The minimum absolute atomic E-state index is 0.131. The zero-order valence-electron chi connectivity index (χ0n) is 15.8. The highest BCUT2D eigenvalue weighted by Gasteiger charge is 2.14. The molecule has 0 aliphatic carbocycles. The summed E-state index contributed by atoms with van der Waals surface area (Å²) in [5.74, 6) is -0.128. The summed E-state index contributed by atoms with van der Waals surface area (Å²) >= 11 is 6.80. The summed E-state index contributed by atoms with van der Waals surface area (Å²) in [4.78, 5) is 23.2. The monoisotopic (exact) mass is 537 g/mol. The lowest BCUT2D eigenvalue weighted by Gasteiger charge is -2.11. The molecule has 8 nitrogen and oxygen atoms in total. The molecule has 0 radical (unpaired) electrons. The second-order valence-corrected chi connectivity index (χ2v) is 7.78. The normalized spacial score (nSPS) is 11.0. The van der Waals surface area contributed by atoms with Crippen LogP contribution in [-0.4, -0.2) is 31.2 Å². The van der Waals surface area contributed by atoms with Crippen LogP contribution >= 0.6 is 31.9 Å². The maximum Gasteiger partial charge on any atom is 0.307 e. The minimum Gasteiger partial charge on any atom is -0.490 e. The Balaban J connectivity index is 1.71. The van der Waals surface area contributed by atoms with Gasteiger partial charge in [-0.25, -0.2) is 5.43 Å². The van der Waals surface area contributed by atoms with Crippen molar-refractivity contribution in [1.82, 2.24) is 5.43 Å². The number of primary amides is 1. The number of ether oxygens (including phenoxy) is 2. The van der Waals surface area contributed by atoms with Crippen LogP contribution in [-0.2, 0) is 4.79 Å². The molecule has 0 atom stereocenters. The van der Waals surface area contributed by atoms with Crippen molar-refractivity contribution in [2.24, 2.45) is 10.8 Å². The van der Waals surface area contributed by atoms with E-state index >= 15 is 0 Å². The van der Waals surface area contributed by atoms with Gasteiger partial charge in [0.15, 0.2) is 23.9 Å². The molecule has 0 bridgehead atoms. The topological polar surface area (TPSA) is 116 Å². The molecule has 10 heteroatoms. The molecule has 3 aromatic rings. The van der Waals surface area contributed by atoms with Gasteiger partial charge < -0.3 is 19.6 Å². The lowest BCUT2D eigenvalue weighted by atomic mass is 10.2. The highest BCUT2D eigenvalue weighted by Crippen LogP contribution is 2.31. The molecule has 1 aromatic heterocycles. The first kappa shape index (κ1) is 21.8. The SMILES string of the molecule is CCOc1cc(/C=N\NC(=O)c2cc3cc(Br)cc(Br)c3o2)ccc1OCC(N)=O. The largest absolute Gasteiger partial charge is 0.490 e. The molecule has 0 fully saturated rings. The van der Waals surface area contributed by atoms with Crippen LogP contribution in [0.25, 0.3) is 11.0 Å². The first-order chi connectivity index (χ1) is 14.4. The van der Waals surface area contributed by atoms with E-state index in [1.807, 2.05) is 19.1 Å². The van der Waals surface area contributed by atoms with Crippen molar-refractivity contribution < 1.29 is 23.5 Å². The Hall–Kier alpha value is -2.85. The number of hydrogen-bond donors (Lipinski definition) is 2. The fourth-order valence-electron chi connectivity index (χ4n) is 2.55. The standard InChI is InChI=1S/C20H17Br2N3O5/c1-2-28-16-5-11(3-4-15(16)29-10-18(23)26)9-24-25-20(27)17-7-12-6-13(21)8-14(22)19(12)30-17/h3-9H,2,10H2,1H3,(H2,23,26)(H,25,27)/b24-9-. The van der Waals surface area contributed by atoms with E-state index in [2.05, 4.69) is 42.4 Å². The maximum atomic E-state index is 12.3. The third kappa shape index (κ3) is 5.39. The number of nitrogens with zero attached hydrogens (tertiary/aromatic N) is 1. The Morgan fingerprint density at radius 1 is 1.17 bits per heavy atom. The Kier molecular flexibility index (Phi) is 7.11. The Bertz CT molecular complexity index is 1130. The summed E-state index contributed by atoms with van der Waals surface area (Å²) in [5, 5.41) is 4.73. The number of carbonyl (C=O) groups is 2. The molecule has 0 saturated heterocycles. The van der Waals surface area contributed by atoms with Crippen LogP contribution in [0.5, 0.6) is 11.5 Å². The van der Waals surface area contributed by atoms with Gasteiger partial charge >= 0.3 is 5.91 Å². The van der Waals surface area contributed by atoms with Crippen LogP contribution in [0.3, 0.4) is 0 Å². The second kappa shape index (κ2) is 9.77. The highest BCUT2D eigenvalue weighted by atomic mass is 79.9. The number of hydrogen-bond acceptors (Lipinski definition) is 6. The summed E-state index contributed by atoms with van der Waals surface area (Å²) in [5.41, 5.74) is 8.75. The molecule has 3 N–H and O–H groups in total. The van der Waals surface area contributed by atoms with Gasteiger partial charge in [0.25, 0.3) is 5.91 Å². The van der Waals surface area contributed by atoms with Gasteiger partial charge in [-0.1, -0.05) is 15.9 Å². The molecule has 0 aliphatic rings. The molecule has 1 heterocycles. The maximum absolute atomic E-state index is 12.3. The Morgan fingerprint density at radius 2 is 1.97 bits per heavy atom. The van der Waals surface area contributed by atoms with E-state index in [0.29, 0.717) is 29.3 Å². The molecule has 2 aromatic carbocycles. The quantitative estimate of drug-likeness (QED) is 0.332. The summed E-state index contributed by atoms with van der Waals surface area (Å²) in [6, 6.07) is 10.3. The third-order valence-corrected chi connectivity index (χ3v) is 4.82. The van der Waals surface area contributed by atoms with Gasteiger partial charge in [-0.3, -0.25) is 9.59 Å².